The van der Waals surface area contributed by atoms with Gasteiger partial charge in [-0.15, -0.1) is 0 Å². The average molecular weight is 263 g/mol. The van der Waals surface area contributed by atoms with Crippen molar-refractivity contribution in [3.63, 3.8) is 0 Å². The Morgan fingerprint density at radius 2 is 1.94 bits per heavy atom. The standard InChI is InChI=1S/C13H15ClN4/c14-11-9-12(18-13(15)17-11)16-8-4-7-10-5-2-1-3-6-10/h1-3,5-6,9H,4,7-8H2,(H3,15,16,17,18). The molecule has 0 radical (unpaired) electrons. The minimum atomic E-state index is 0.188. The van der Waals surface area contributed by atoms with Crippen molar-refractivity contribution in [1.29, 1.82) is 0 Å². The van der Waals surface area contributed by atoms with Crippen LogP contribution in [0.2, 0.25) is 5.15 Å². The molecular weight excluding hydrogens is 248 g/mol. The number of halogens is 1. The van der Waals surface area contributed by atoms with E-state index < -0.39 is 0 Å². The molecule has 2 rings (SSSR count). The van der Waals surface area contributed by atoms with Crippen molar-refractivity contribution < 1.29 is 0 Å². The maximum Gasteiger partial charge on any atom is 0.223 e. The molecule has 0 aliphatic rings. The molecule has 0 fully saturated rings. The highest BCUT2D eigenvalue weighted by molar-refractivity contribution is 6.29. The predicted octanol–water partition coefficient (Wildman–Crippen LogP) is 2.76. The molecule has 0 unspecified atom stereocenters. The Bertz CT molecular complexity index is 481. The quantitative estimate of drug-likeness (QED) is 0.642. The number of benzene rings is 1. The van der Waals surface area contributed by atoms with Gasteiger partial charge in [-0.05, 0) is 18.4 Å². The van der Waals surface area contributed by atoms with Gasteiger partial charge in [0.2, 0.25) is 5.95 Å². The second-order valence-corrected chi connectivity index (χ2v) is 4.34. The van der Waals surface area contributed by atoms with E-state index in [1.165, 1.54) is 5.56 Å². The number of nitrogen functional groups attached to an aromatic ring is 1. The predicted molar refractivity (Wildman–Crippen MR) is 74.7 cm³/mol. The zero-order valence-electron chi connectivity index (χ0n) is 9.94. The molecule has 2 aromatic rings. The fraction of sp³-hybridized carbons (Fsp3) is 0.231. The van der Waals surface area contributed by atoms with E-state index in [9.17, 15) is 0 Å². The van der Waals surface area contributed by atoms with E-state index in [0.717, 1.165) is 19.4 Å². The van der Waals surface area contributed by atoms with Gasteiger partial charge < -0.3 is 11.1 Å². The zero-order chi connectivity index (χ0) is 12.8. The molecule has 0 bridgehead atoms. The summed E-state index contributed by atoms with van der Waals surface area (Å²) in [5.41, 5.74) is 6.84. The highest BCUT2D eigenvalue weighted by Crippen LogP contribution is 2.12. The molecule has 5 heteroatoms. The van der Waals surface area contributed by atoms with Crippen molar-refractivity contribution >= 4 is 23.4 Å². The van der Waals surface area contributed by atoms with E-state index >= 15 is 0 Å². The van der Waals surface area contributed by atoms with Crippen LogP contribution in [0.5, 0.6) is 0 Å². The number of aromatic nitrogens is 2. The van der Waals surface area contributed by atoms with Gasteiger partial charge in [-0.25, -0.2) is 4.98 Å². The van der Waals surface area contributed by atoms with Crippen LogP contribution in [0, 0.1) is 0 Å². The first-order valence-electron chi connectivity index (χ1n) is 5.82. The second kappa shape index (κ2) is 6.21. The van der Waals surface area contributed by atoms with Gasteiger partial charge >= 0.3 is 0 Å². The second-order valence-electron chi connectivity index (χ2n) is 3.95. The fourth-order valence-corrected chi connectivity index (χ4v) is 1.87. The molecule has 0 amide bonds. The first kappa shape index (κ1) is 12.6. The Hall–Kier alpha value is -1.81. The first-order valence-corrected chi connectivity index (χ1v) is 6.20. The van der Waals surface area contributed by atoms with Crippen LogP contribution in [0.4, 0.5) is 11.8 Å². The summed E-state index contributed by atoms with van der Waals surface area (Å²) in [6.45, 7) is 0.821. The SMILES string of the molecule is Nc1nc(Cl)cc(NCCCc2ccccc2)n1. The molecule has 0 saturated carbocycles. The molecule has 0 aliphatic heterocycles. The van der Waals surface area contributed by atoms with Crippen molar-refractivity contribution in [1.82, 2.24) is 9.97 Å². The largest absolute Gasteiger partial charge is 0.370 e. The molecule has 0 aliphatic carbocycles. The molecule has 0 saturated heterocycles. The van der Waals surface area contributed by atoms with Crippen LogP contribution in [0.25, 0.3) is 0 Å². The molecule has 18 heavy (non-hydrogen) atoms. The number of nitrogens with one attached hydrogen (secondary N) is 1. The number of nitrogens with two attached hydrogens (primary N) is 1. The summed E-state index contributed by atoms with van der Waals surface area (Å²) in [6.07, 6.45) is 2.05. The van der Waals surface area contributed by atoms with Crippen LogP contribution >= 0.6 is 11.6 Å². The van der Waals surface area contributed by atoms with Gasteiger partial charge in [0.15, 0.2) is 0 Å². The van der Waals surface area contributed by atoms with E-state index in [1.807, 2.05) is 18.2 Å². The molecule has 4 nitrogen and oxygen atoms in total. The third-order valence-electron chi connectivity index (χ3n) is 2.50. The van der Waals surface area contributed by atoms with Crippen molar-refractivity contribution in [3.8, 4) is 0 Å². The normalized spacial score (nSPS) is 10.3. The summed E-state index contributed by atoms with van der Waals surface area (Å²) >= 11 is 5.79. The van der Waals surface area contributed by atoms with Gasteiger partial charge in [0.05, 0.1) is 0 Å². The van der Waals surface area contributed by atoms with Gasteiger partial charge in [0, 0.05) is 12.6 Å². The summed E-state index contributed by atoms with van der Waals surface area (Å²) in [6, 6.07) is 12.0. The van der Waals surface area contributed by atoms with E-state index in [-0.39, 0.29) is 5.95 Å². The van der Waals surface area contributed by atoms with E-state index in [2.05, 4.69) is 27.4 Å². The van der Waals surface area contributed by atoms with Crippen molar-refractivity contribution in [2.45, 2.75) is 12.8 Å². The number of rotatable bonds is 5. The Morgan fingerprint density at radius 1 is 1.17 bits per heavy atom. The summed E-state index contributed by atoms with van der Waals surface area (Å²) < 4.78 is 0. The number of anilines is 2. The van der Waals surface area contributed by atoms with Crippen LogP contribution in [-0.2, 0) is 6.42 Å². The topological polar surface area (TPSA) is 63.8 Å². The monoisotopic (exact) mass is 262 g/mol. The number of aryl methyl sites for hydroxylation is 1. The number of hydrogen-bond donors (Lipinski definition) is 2. The molecule has 1 aromatic carbocycles. The highest BCUT2D eigenvalue weighted by atomic mass is 35.5. The lowest BCUT2D eigenvalue weighted by atomic mass is 10.1. The molecule has 1 heterocycles. The lowest BCUT2D eigenvalue weighted by Crippen LogP contribution is -2.06. The summed E-state index contributed by atoms with van der Waals surface area (Å²) in [5, 5.41) is 3.54. The first-order chi connectivity index (χ1) is 8.74. The lowest BCUT2D eigenvalue weighted by molar-refractivity contribution is 0.858. The van der Waals surface area contributed by atoms with Gasteiger partial charge in [-0.3, -0.25) is 0 Å². The Morgan fingerprint density at radius 3 is 2.67 bits per heavy atom. The summed E-state index contributed by atoms with van der Waals surface area (Å²) in [7, 11) is 0. The van der Waals surface area contributed by atoms with Crippen LogP contribution in [0.1, 0.15) is 12.0 Å². The Balaban J connectivity index is 1.78. The molecule has 3 N–H and O–H groups in total. The Kier molecular flexibility index (Phi) is 4.36. The maximum absolute atomic E-state index is 5.79. The van der Waals surface area contributed by atoms with Crippen LogP contribution in [0.15, 0.2) is 36.4 Å². The van der Waals surface area contributed by atoms with Crippen LogP contribution < -0.4 is 11.1 Å². The van der Waals surface area contributed by atoms with E-state index in [0.29, 0.717) is 11.0 Å². The summed E-state index contributed by atoms with van der Waals surface area (Å²) in [5.74, 6) is 0.855. The molecule has 0 atom stereocenters. The Labute approximate surface area is 111 Å². The molecular formula is C13H15ClN4. The van der Waals surface area contributed by atoms with Gasteiger partial charge in [-0.1, -0.05) is 41.9 Å². The minimum Gasteiger partial charge on any atom is -0.370 e. The minimum absolute atomic E-state index is 0.188. The number of hydrogen-bond acceptors (Lipinski definition) is 4. The van der Waals surface area contributed by atoms with Gasteiger partial charge in [-0.2, -0.15) is 4.98 Å². The fourth-order valence-electron chi connectivity index (χ4n) is 1.68. The molecule has 1 aromatic heterocycles. The van der Waals surface area contributed by atoms with Crippen LogP contribution in [0.3, 0.4) is 0 Å². The molecule has 0 spiro atoms. The zero-order valence-corrected chi connectivity index (χ0v) is 10.7. The van der Waals surface area contributed by atoms with Crippen molar-refractivity contribution in [2.24, 2.45) is 0 Å². The average Bonchev–Trinajstić information content (AvgIpc) is 2.35. The lowest BCUT2D eigenvalue weighted by Gasteiger charge is -2.06. The third-order valence-corrected chi connectivity index (χ3v) is 2.70. The van der Waals surface area contributed by atoms with Crippen molar-refractivity contribution in [2.75, 3.05) is 17.6 Å². The van der Waals surface area contributed by atoms with Crippen LogP contribution in [-0.4, -0.2) is 16.5 Å². The van der Waals surface area contributed by atoms with E-state index in [4.69, 9.17) is 17.3 Å². The molecule has 94 valence electrons. The maximum atomic E-state index is 5.79. The smallest absolute Gasteiger partial charge is 0.223 e. The third kappa shape index (κ3) is 3.89. The summed E-state index contributed by atoms with van der Waals surface area (Å²) in [4.78, 5) is 7.85. The van der Waals surface area contributed by atoms with Crippen molar-refractivity contribution in [3.05, 3.63) is 47.1 Å². The van der Waals surface area contributed by atoms with Gasteiger partial charge in [0.1, 0.15) is 11.0 Å². The van der Waals surface area contributed by atoms with Gasteiger partial charge in [0.25, 0.3) is 0 Å². The van der Waals surface area contributed by atoms with E-state index in [1.54, 1.807) is 6.07 Å². The number of nitrogens with zero attached hydrogens (tertiary/aromatic N) is 2. The highest BCUT2D eigenvalue weighted by Gasteiger charge is 1.99.